The smallest absolute Gasteiger partial charge is 0.371 e. The molecule has 0 spiro atoms. The Kier molecular flexibility index (Phi) is 5.66. The normalized spacial score (nSPS) is 18.7. The molecule has 5 rings (SSSR count). The van der Waals surface area contributed by atoms with Crippen LogP contribution in [0.15, 0.2) is 70.6 Å². The molecule has 162 valence electrons. The Hall–Kier alpha value is -2.83. The largest absolute Gasteiger partial charge is 0.520 e. The van der Waals surface area contributed by atoms with Crippen molar-refractivity contribution in [2.45, 2.75) is 13.1 Å². The monoisotopic (exact) mass is 439 g/mol. The minimum Gasteiger partial charge on any atom is -0.371 e. The van der Waals surface area contributed by atoms with Gasteiger partial charge in [0.25, 0.3) is 12.0 Å². The third kappa shape index (κ3) is 4.75. The van der Waals surface area contributed by atoms with Gasteiger partial charge >= 0.3 is 7.75 Å². The van der Waals surface area contributed by atoms with Gasteiger partial charge in [-0.05, 0) is 11.1 Å². The van der Waals surface area contributed by atoms with Crippen molar-refractivity contribution in [3.63, 3.8) is 0 Å². The second-order valence-corrected chi connectivity index (χ2v) is 9.62. The van der Waals surface area contributed by atoms with Crippen molar-refractivity contribution in [3.8, 4) is 0 Å². The van der Waals surface area contributed by atoms with Crippen LogP contribution in [0, 0.1) is 0 Å². The number of benzene rings is 2. The van der Waals surface area contributed by atoms with E-state index in [0.717, 1.165) is 24.2 Å². The molecule has 9 heteroatoms. The fourth-order valence-corrected chi connectivity index (χ4v) is 5.24. The maximum Gasteiger partial charge on any atom is 0.520 e. The van der Waals surface area contributed by atoms with E-state index < -0.39 is 7.75 Å². The summed E-state index contributed by atoms with van der Waals surface area (Å²) in [6.45, 7) is 5.34. The molecule has 0 aromatic heterocycles. The van der Waals surface area contributed by atoms with E-state index in [1.54, 1.807) is 4.67 Å². The molecule has 8 nitrogen and oxygen atoms in total. The number of hydrogen-bond donors (Lipinski definition) is 0. The third-order valence-corrected chi connectivity index (χ3v) is 7.25. The summed E-state index contributed by atoms with van der Waals surface area (Å²) in [7, 11) is -3.57. The molecule has 0 unspecified atom stereocenters. The molecule has 3 aliphatic heterocycles. The number of amidine groups is 2. The highest BCUT2D eigenvalue weighted by molar-refractivity contribution is 7.52. The molecule has 0 radical (unpaired) electrons. The lowest BCUT2D eigenvalue weighted by atomic mass is 10.2. The van der Waals surface area contributed by atoms with Crippen molar-refractivity contribution in [1.82, 2.24) is 14.5 Å². The molecule has 0 amide bonds. The van der Waals surface area contributed by atoms with Gasteiger partial charge in [-0.3, -0.25) is 0 Å². The van der Waals surface area contributed by atoms with Gasteiger partial charge in [-0.1, -0.05) is 60.7 Å². The van der Waals surface area contributed by atoms with Gasteiger partial charge in [0.1, 0.15) is 0 Å². The number of rotatable bonds is 7. The lowest BCUT2D eigenvalue weighted by Crippen LogP contribution is -2.32. The highest BCUT2D eigenvalue weighted by Gasteiger charge is 2.48. The van der Waals surface area contributed by atoms with Gasteiger partial charge in [0, 0.05) is 39.3 Å². The number of nitrogens with zero attached hydrogens (tertiary/aromatic N) is 5. The Morgan fingerprint density at radius 1 is 0.710 bits per heavy atom. The maximum absolute atomic E-state index is 13.7. The zero-order valence-electron chi connectivity index (χ0n) is 17.3. The molecule has 1 fully saturated rings. The average Bonchev–Trinajstić information content (AvgIpc) is 3.46. The van der Waals surface area contributed by atoms with Gasteiger partial charge in [-0.15, -0.1) is 0 Å². The molecule has 3 heterocycles. The van der Waals surface area contributed by atoms with Crippen LogP contribution >= 0.6 is 7.75 Å². The van der Waals surface area contributed by atoms with E-state index in [1.165, 1.54) is 0 Å². The van der Waals surface area contributed by atoms with Crippen LogP contribution < -0.4 is 0 Å². The highest BCUT2D eigenvalue weighted by Crippen LogP contribution is 2.57. The fraction of sp³-hybridized carbons (Fsp3) is 0.364. The minimum atomic E-state index is -3.57. The van der Waals surface area contributed by atoms with E-state index in [9.17, 15) is 4.57 Å². The van der Waals surface area contributed by atoms with Crippen molar-refractivity contribution in [2.24, 2.45) is 9.98 Å². The van der Waals surface area contributed by atoms with Crippen molar-refractivity contribution >= 4 is 19.8 Å². The first-order valence-corrected chi connectivity index (χ1v) is 12.1. The van der Waals surface area contributed by atoms with Crippen molar-refractivity contribution in [3.05, 3.63) is 71.8 Å². The molecular formula is C22H26N5O3P. The van der Waals surface area contributed by atoms with E-state index in [-0.39, 0.29) is 0 Å². The first kappa shape index (κ1) is 20.1. The van der Waals surface area contributed by atoms with Crippen molar-refractivity contribution in [2.75, 3.05) is 39.3 Å². The minimum absolute atomic E-state index is 0.382. The van der Waals surface area contributed by atoms with E-state index in [2.05, 4.69) is 34.3 Å². The molecule has 31 heavy (non-hydrogen) atoms. The molecule has 0 atom stereocenters. The van der Waals surface area contributed by atoms with Gasteiger partial charge < -0.3 is 18.8 Å². The van der Waals surface area contributed by atoms with Crippen LogP contribution in [0.1, 0.15) is 11.1 Å². The SMILES string of the molecule is O=P(OC1=NCCN1Cc1ccccc1)(OC1=NCCN1Cc1ccccc1)N1CC1. The van der Waals surface area contributed by atoms with Gasteiger partial charge in [0.05, 0.1) is 13.1 Å². The van der Waals surface area contributed by atoms with Crippen LogP contribution in [0.3, 0.4) is 0 Å². The summed E-state index contributed by atoms with van der Waals surface area (Å²) in [5.41, 5.74) is 2.30. The highest BCUT2D eigenvalue weighted by atomic mass is 31.2. The van der Waals surface area contributed by atoms with Gasteiger partial charge in [0.15, 0.2) is 0 Å². The second-order valence-electron chi connectivity index (χ2n) is 7.75. The zero-order valence-corrected chi connectivity index (χ0v) is 18.2. The number of aliphatic imine (C=N–C) groups is 2. The van der Waals surface area contributed by atoms with E-state index in [0.29, 0.717) is 51.3 Å². The van der Waals surface area contributed by atoms with Crippen molar-refractivity contribution < 1.29 is 13.6 Å². The quantitative estimate of drug-likeness (QED) is 0.488. The van der Waals surface area contributed by atoms with Crippen LogP contribution in [-0.4, -0.2) is 65.8 Å². The number of hydrogen-bond acceptors (Lipinski definition) is 7. The Bertz CT molecular complexity index is 937. The molecule has 2 aromatic rings. The van der Waals surface area contributed by atoms with Crippen LogP contribution in [0.5, 0.6) is 0 Å². The molecule has 0 aliphatic carbocycles. The van der Waals surface area contributed by atoms with Gasteiger partial charge in [-0.25, -0.2) is 14.5 Å². The van der Waals surface area contributed by atoms with Gasteiger partial charge in [0.2, 0.25) is 0 Å². The lowest BCUT2D eigenvalue weighted by molar-refractivity contribution is 0.277. The van der Waals surface area contributed by atoms with Crippen molar-refractivity contribution in [1.29, 1.82) is 0 Å². The van der Waals surface area contributed by atoms with E-state index in [1.807, 2.05) is 46.2 Å². The summed E-state index contributed by atoms with van der Waals surface area (Å²) >= 11 is 0. The molecule has 3 aliphatic rings. The first-order valence-electron chi connectivity index (χ1n) is 10.6. The summed E-state index contributed by atoms with van der Waals surface area (Å²) in [4.78, 5) is 12.9. The molecule has 1 saturated heterocycles. The second kappa shape index (κ2) is 8.73. The van der Waals surface area contributed by atoms with Crippen LogP contribution in [0.25, 0.3) is 0 Å². The molecule has 0 N–H and O–H groups in total. The molecule has 0 saturated carbocycles. The summed E-state index contributed by atoms with van der Waals surface area (Å²) in [5, 5.41) is 0. The zero-order chi connectivity index (χ0) is 21.1. The predicted octanol–water partition coefficient (Wildman–Crippen LogP) is 3.19. The Labute approximate surface area is 182 Å². The summed E-state index contributed by atoms with van der Waals surface area (Å²) in [6, 6.07) is 21.0. The van der Waals surface area contributed by atoms with E-state index >= 15 is 0 Å². The average molecular weight is 439 g/mol. The summed E-state index contributed by atoms with van der Waals surface area (Å²) < 4.78 is 27.5. The van der Waals surface area contributed by atoms with Crippen LogP contribution in [0.2, 0.25) is 0 Å². The first-order chi connectivity index (χ1) is 15.2. The van der Waals surface area contributed by atoms with E-state index in [4.69, 9.17) is 9.05 Å². The Balaban J connectivity index is 1.28. The Morgan fingerprint density at radius 3 is 1.58 bits per heavy atom. The van der Waals surface area contributed by atoms with Crippen LogP contribution in [0.4, 0.5) is 0 Å². The predicted molar refractivity (Wildman–Crippen MR) is 120 cm³/mol. The summed E-state index contributed by atoms with van der Waals surface area (Å²) in [5.74, 6) is 0. The topological polar surface area (TPSA) is 69.7 Å². The Morgan fingerprint density at radius 2 is 1.16 bits per heavy atom. The van der Waals surface area contributed by atoms with Gasteiger partial charge in [-0.2, -0.15) is 4.67 Å². The maximum atomic E-state index is 13.7. The summed E-state index contributed by atoms with van der Waals surface area (Å²) in [6.07, 6.45) is 0. The molecule has 2 aromatic carbocycles. The standard InChI is InChI=1S/C22H26N5O3P/c28-31(27-15-16-27,29-21-23-11-13-25(21)17-19-7-3-1-4-8-19)30-22-24-12-14-26(22)18-20-9-5-2-6-10-20/h1-10H,11-18H2. The van der Waals surface area contributed by atoms with Crippen LogP contribution in [-0.2, 0) is 26.7 Å². The fourth-order valence-electron chi connectivity index (χ4n) is 3.63. The molecule has 0 bridgehead atoms. The molecular weight excluding hydrogens is 413 g/mol. The third-order valence-electron chi connectivity index (χ3n) is 5.37. The lowest BCUT2D eigenvalue weighted by Gasteiger charge is -2.27.